The van der Waals surface area contributed by atoms with Gasteiger partial charge in [0.25, 0.3) is 0 Å². The van der Waals surface area contributed by atoms with Crippen LogP contribution < -0.4 is 5.32 Å². The Labute approximate surface area is 263 Å². The third-order valence-corrected chi connectivity index (χ3v) is 8.52. The lowest BCUT2D eigenvalue weighted by Crippen LogP contribution is -2.27. The van der Waals surface area contributed by atoms with Gasteiger partial charge in [-0.05, 0) is 12.8 Å². The number of esters is 1. The van der Waals surface area contributed by atoms with Crippen molar-refractivity contribution < 1.29 is 37.9 Å². The molecule has 1 amide bonds. The number of nitrogens with one attached hydrogen (secondary N) is 1. The van der Waals surface area contributed by atoms with E-state index in [0.717, 1.165) is 38.5 Å². The molecule has 0 aliphatic heterocycles. The van der Waals surface area contributed by atoms with Crippen molar-refractivity contribution in [1.29, 1.82) is 0 Å². The molecule has 0 saturated heterocycles. The number of hydrogen-bond donors (Lipinski definition) is 3. The van der Waals surface area contributed by atoms with Gasteiger partial charge in [0.1, 0.15) is 12.7 Å². The molecule has 43 heavy (non-hydrogen) atoms. The minimum Gasteiger partial charge on any atom is -0.463 e. The Kier molecular flexibility index (Phi) is 30.3. The van der Waals surface area contributed by atoms with Gasteiger partial charge in [0.2, 0.25) is 5.91 Å². The highest BCUT2D eigenvalue weighted by Crippen LogP contribution is 2.42. The Morgan fingerprint density at radius 2 is 1.05 bits per heavy atom. The fourth-order valence-electron chi connectivity index (χ4n) is 4.85. The molecule has 9 nitrogen and oxygen atoms in total. The van der Waals surface area contributed by atoms with Crippen LogP contribution in [0.4, 0.5) is 0 Å². The van der Waals surface area contributed by atoms with E-state index in [9.17, 15) is 24.2 Å². The lowest BCUT2D eigenvalue weighted by atomic mass is 10.0. The van der Waals surface area contributed by atoms with Crippen LogP contribution in [0.2, 0.25) is 0 Å². The van der Waals surface area contributed by atoms with Gasteiger partial charge in [-0.3, -0.25) is 18.6 Å². The number of phosphoric acid groups is 1. The first-order chi connectivity index (χ1) is 20.8. The van der Waals surface area contributed by atoms with Crippen molar-refractivity contribution in [3.8, 4) is 0 Å². The van der Waals surface area contributed by atoms with Crippen molar-refractivity contribution in [3.05, 3.63) is 0 Å². The second kappa shape index (κ2) is 31.0. The molecule has 0 aliphatic rings. The molecule has 0 saturated carbocycles. The fraction of sp³-hybridized carbons (Fsp3) is 0.939. The van der Waals surface area contributed by atoms with Gasteiger partial charge in [-0.2, -0.15) is 0 Å². The number of phosphoric ester groups is 1. The number of aliphatic hydroxyl groups excluding tert-OH is 1. The van der Waals surface area contributed by atoms with Crippen LogP contribution in [-0.4, -0.2) is 54.3 Å². The van der Waals surface area contributed by atoms with Gasteiger partial charge in [0, 0.05) is 19.4 Å². The summed E-state index contributed by atoms with van der Waals surface area (Å²) in [6.07, 6.45) is 26.1. The van der Waals surface area contributed by atoms with E-state index in [1.54, 1.807) is 0 Å². The van der Waals surface area contributed by atoms with Gasteiger partial charge in [-0.1, -0.05) is 142 Å². The maximum Gasteiger partial charge on any atom is 0.472 e. The van der Waals surface area contributed by atoms with Crippen LogP contribution >= 0.6 is 7.82 Å². The average molecular weight is 636 g/mol. The molecule has 0 aromatic heterocycles. The number of unbranched alkanes of at least 4 members (excludes halogenated alkanes) is 20. The van der Waals surface area contributed by atoms with Crippen molar-refractivity contribution in [2.75, 3.05) is 26.4 Å². The smallest absolute Gasteiger partial charge is 0.463 e. The van der Waals surface area contributed by atoms with E-state index in [0.29, 0.717) is 6.42 Å². The number of aliphatic hydroxyl groups is 1. The number of ether oxygens (including phenoxy) is 1. The van der Waals surface area contributed by atoms with E-state index >= 15 is 0 Å². The van der Waals surface area contributed by atoms with Gasteiger partial charge in [-0.15, -0.1) is 0 Å². The van der Waals surface area contributed by atoms with E-state index in [4.69, 9.17) is 13.8 Å². The summed E-state index contributed by atoms with van der Waals surface area (Å²) in [6.45, 7) is 3.51. The molecule has 0 bridgehead atoms. The second-order valence-corrected chi connectivity index (χ2v) is 13.3. The molecule has 0 heterocycles. The quantitative estimate of drug-likeness (QED) is 0.0371. The summed E-state index contributed by atoms with van der Waals surface area (Å²) in [5.41, 5.74) is 0. The zero-order valence-corrected chi connectivity index (χ0v) is 28.6. The maximum atomic E-state index is 12.0. The van der Waals surface area contributed by atoms with Crippen molar-refractivity contribution in [1.82, 2.24) is 5.32 Å². The Balaban J connectivity index is 3.60. The van der Waals surface area contributed by atoms with E-state index in [1.807, 2.05) is 0 Å². The topological polar surface area (TPSA) is 131 Å². The zero-order chi connectivity index (χ0) is 31.9. The summed E-state index contributed by atoms with van der Waals surface area (Å²) >= 11 is 0. The van der Waals surface area contributed by atoms with Crippen molar-refractivity contribution >= 4 is 19.7 Å². The molecular weight excluding hydrogens is 569 g/mol. The standard InChI is InChI=1S/C33H66NO8P/c1-3-5-7-9-11-13-14-15-16-17-18-19-21-23-25-32(36)34-27-28-41-43(38,39)42-30-31(35)29-40-33(37)26-24-22-20-12-10-8-6-4-2/h31,35H,3-30H2,1-2H3,(H,34,36)(H,38,39). The van der Waals surface area contributed by atoms with E-state index in [1.165, 1.54) is 103 Å². The van der Waals surface area contributed by atoms with Crippen molar-refractivity contribution in [2.24, 2.45) is 0 Å². The second-order valence-electron chi connectivity index (χ2n) is 11.9. The van der Waals surface area contributed by atoms with Crippen molar-refractivity contribution in [2.45, 2.75) is 174 Å². The van der Waals surface area contributed by atoms with E-state index < -0.39 is 26.5 Å². The van der Waals surface area contributed by atoms with Gasteiger partial charge in [0.05, 0.1) is 13.2 Å². The average Bonchev–Trinajstić information content (AvgIpc) is 2.98. The first kappa shape index (κ1) is 42.0. The molecule has 10 heteroatoms. The summed E-state index contributed by atoms with van der Waals surface area (Å²) in [7, 11) is -4.39. The molecule has 0 spiro atoms. The third kappa shape index (κ3) is 32.2. The van der Waals surface area contributed by atoms with E-state index in [2.05, 4.69) is 19.2 Å². The van der Waals surface area contributed by atoms with Crippen LogP contribution in [0.1, 0.15) is 168 Å². The summed E-state index contributed by atoms with van der Waals surface area (Å²) in [5, 5.41) is 12.6. The summed E-state index contributed by atoms with van der Waals surface area (Å²) < 4.78 is 26.6. The molecule has 256 valence electrons. The molecule has 2 unspecified atom stereocenters. The Morgan fingerprint density at radius 1 is 0.628 bits per heavy atom. The van der Waals surface area contributed by atoms with E-state index in [-0.39, 0.29) is 32.1 Å². The molecule has 2 atom stereocenters. The van der Waals surface area contributed by atoms with Crippen LogP contribution in [0.3, 0.4) is 0 Å². The highest BCUT2D eigenvalue weighted by Gasteiger charge is 2.23. The third-order valence-electron chi connectivity index (χ3n) is 7.54. The fourth-order valence-corrected chi connectivity index (χ4v) is 5.61. The summed E-state index contributed by atoms with van der Waals surface area (Å²) in [6, 6.07) is 0. The lowest BCUT2D eigenvalue weighted by Gasteiger charge is -2.15. The number of rotatable bonds is 33. The first-order valence-corrected chi connectivity index (χ1v) is 19.0. The molecular formula is C33H66NO8P. The maximum absolute atomic E-state index is 12.0. The normalized spacial score (nSPS) is 13.5. The van der Waals surface area contributed by atoms with Crippen LogP contribution in [0.5, 0.6) is 0 Å². The molecule has 0 rings (SSSR count). The predicted molar refractivity (Wildman–Crippen MR) is 174 cm³/mol. The number of carbonyl (C=O) groups excluding carboxylic acids is 2. The van der Waals surface area contributed by atoms with Gasteiger partial charge in [0.15, 0.2) is 0 Å². The first-order valence-electron chi connectivity index (χ1n) is 17.5. The van der Waals surface area contributed by atoms with Crippen LogP contribution in [0, 0.1) is 0 Å². The Bertz CT molecular complexity index is 694. The molecule has 0 aromatic rings. The van der Waals surface area contributed by atoms with Gasteiger partial charge in [-0.25, -0.2) is 4.57 Å². The minimum atomic E-state index is -4.39. The lowest BCUT2D eigenvalue weighted by molar-refractivity contribution is -0.147. The summed E-state index contributed by atoms with van der Waals surface area (Å²) in [5.74, 6) is -0.515. The Morgan fingerprint density at radius 3 is 1.51 bits per heavy atom. The summed E-state index contributed by atoms with van der Waals surface area (Å²) in [4.78, 5) is 33.5. The largest absolute Gasteiger partial charge is 0.472 e. The van der Waals surface area contributed by atoms with Crippen LogP contribution in [-0.2, 0) is 27.9 Å². The van der Waals surface area contributed by atoms with Crippen LogP contribution in [0.25, 0.3) is 0 Å². The molecule has 0 aromatic carbocycles. The van der Waals surface area contributed by atoms with Gasteiger partial charge >= 0.3 is 13.8 Å². The molecule has 0 aliphatic carbocycles. The zero-order valence-electron chi connectivity index (χ0n) is 27.7. The molecule has 0 fully saturated rings. The highest BCUT2D eigenvalue weighted by atomic mass is 31.2. The highest BCUT2D eigenvalue weighted by molar-refractivity contribution is 7.47. The SMILES string of the molecule is CCCCCCCCCCCCCCCCC(=O)NCCOP(=O)(O)OCC(O)COC(=O)CCCCCCCCCC. The number of amides is 1. The predicted octanol–water partition coefficient (Wildman–Crippen LogP) is 8.54. The Hall–Kier alpha value is -0.990. The van der Waals surface area contributed by atoms with Crippen LogP contribution in [0.15, 0.2) is 0 Å². The molecule has 3 N–H and O–H groups in total. The minimum absolute atomic E-state index is 0.0876. The number of carbonyl (C=O) groups is 2. The molecule has 0 radical (unpaired) electrons. The van der Waals surface area contributed by atoms with Crippen molar-refractivity contribution in [3.63, 3.8) is 0 Å². The van der Waals surface area contributed by atoms with Gasteiger partial charge < -0.3 is 20.1 Å². The monoisotopic (exact) mass is 635 g/mol. The number of hydrogen-bond acceptors (Lipinski definition) is 7.